The summed E-state index contributed by atoms with van der Waals surface area (Å²) in [7, 11) is 0. The Morgan fingerprint density at radius 3 is 2.53 bits per heavy atom. The summed E-state index contributed by atoms with van der Waals surface area (Å²) in [6.45, 7) is -0.303. The molecule has 0 heterocycles. The molecule has 0 aliphatic rings. The third-order valence-electron chi connectivity index (χ3n) is 2.43. The van der Waals surface area contributed by atoms with Crippen LogP contribution in [0.1, 0.15) is 24.4 Å². The van der Waals surface area contributed by atoms with Crippen molar-refractivity contribution in [1.29, 1.82) is 0 Å². The van der Waals surface area contributed by atoms with Crippen molar-refractivity contribution in [3.63, 3.8) is 0 Å². The van der Waals surface area contributed by atoms with E-state index < -0.39 is 30.3 Å². The number of hydrogen-bond donors (Lipinski definition) is 1. The lowest BCUT2D eigenvalue weighted by atomic mass is 10.1. The highest BCUT2D eigenvalue weighted by Crippen LogP contribution is 2.21. The first kappa shape index (κ1) is 15.8. The van der Waals surface area contributed by atoms with E-state index in [1.807, 2.05) is 0 Å². The molecule has 0 amide bonds. The molecule has 7 heteroatoms. The highest BCUT2D eigenvalue weighted by Gasteiger charge is 2.26. The molecule has 0 fully saturated rings. The summed E-state index contributed by atoms with van der Waals surface area (Å²) in [6.07, 6.45) is -5.36. The van der Waals surface area contributed by atoms with Gasteiger partial charge in [-0.1, -0.05) is 12.1 Å². The van der Waals surface area contributed by atoms with Gasteiger partial charge in [0.1, 0.15) is 0 Å². The normalized spacial score (nSPS) is 13.6. The SMILES string of the molecule is NC(COCCCC(F)(F)F)c1cccc(F)c1F. The lowest BCUT2D eigenvalue weighted by molar-refractivity contribution is -0.137. The van der Waals surface area contributed by atoms with Gasteiger partial charge in [-0.3, -0.25) is 0 Å². The molecule has 2 N–H and O–H groups in total. The van der Waals surface area contributed by atoms with Crippen molar-refractivity contribution < 1.29 is 26.7 Å². The zero-order valence-electron chi connectivity index (χ0n) is 10.0. The lowest BCUT2D eigenvalue weighted by Crippen LogP contribution is -2.20. The summed E-state index contributed by atoms with van der Waals surface area (Å²) < 4.78 is 66.7. The number of rotatable bonds is 6. The monoisotopic (exact) mass is 283 g/mol. The Morgan fingerprint density at radius 2 is 1.89 bits per heavy atom. The van der Waals surface area contributed by atoms with E-state index in [0.29, 0.717) is 0 Å². The van der Waals surface area contributed by atoms with Crippen LogP contribution in [0.2, 0.25) is 0 Å². The van der Waals surface area contributed by atoms with Crippen LogP contribution in [0, 0.1) is 11.6 Å². The van der Waals surface area contributed by atoms with Crippen molar-refractivity contribution in [2.75, 3.05) is 13.2 Å². The molecule has 0 bridgehead atoms. The van der Waals surface area contributed by atoms with Gasteiger partial charge in [0.05, 0.1) is 12.6 Å². The van der Waals surface area contributed by atoms with E-state index in [1.54, 1.807) is 0 Å². The smallest absolute Gasteiger partial charge is 0.379 e. The standard InChI is InChI=1S/C12H14F5NO/c13-9-4-1-3-8(11(9)14)10(18)7-19-6-2-5-12(15,16)17/h1,3-4,10H,2,5-7,18H2. The average Bonchev–Trinajstić information content (AvgIpc) is 2.30. The predicted octanol–water partition coefficient (Wildman–Crippen LogP) is 3.32. The van der Waals surface area contributed by atoms with Gasteiger partial charge in [0.2, 0.25) is 0 Å². The van der Waals surface area contributed by atoms with Gasteiger partial charge in [0, 0.05) is 18.6 Å². The van der Waals surface area contributed by atoms with Gasteiger partial charge in [-0.05, 0) is 12.5 Å². The van der Waals surface area contributed by atoms with Gasteiger partial charge < -0.3 is 10.5 Å². The van der Waals surface area contributed by atoms with Crippen LogP contribution in [-0.2, 0) is 4.74 Å². The molecular weight excluding hydrogens is 269 g/mol. The number of halogens is 5. The number of alkyl halides is 3. The third-order valence-corrected chi connectivity index (χ3v) is 2.43. The summed E-state index contributed by atoms with van der Waals surface area (Å²) in [5, 5.41) is 0. The van der Waals surface area contributed by atoms with Crippen molar-refractivity contribution in [1.82, 2.24) is 0 Å². The van der Waals surface area contributed by atoms with E-state index in [1.165, 1.54) is 12.1 Å². The number of hydrogen-bond acceptors (Lipinski definition) is 2. The van der Waals surface area contributed by atoms with Gasteiger partial charge >= 0.3 is 6.18 Å². The topological polar surface area (TPSA) is 35.2 Å². The second-order valence-corrected chi connectivity index (χ2v) is 4.04. The van der Waals surface area contributed by atoms with E-state index in [4.69, 9.17) is 10.5 Å². The van der Waals surface area contributed by atoms with Crippen LogP contribution >= 0.6 is 0 Å². The second-order valence-electron chi connectivity index (χ2n) is 4.04. The molecule has 1 atom stereocenters. The molecule has 0 aromatic heterocycles. The largest absolute Gasteiger partial charge is 0.389 e. The highest BCUT2D eigenvalue weighted by molar-refractivity contribution is 5.22. The molecule has 0 saturated heterocycles. The minimum Gasteiger partial charge on any atom is -0.379 e. The molecule has 19 heavy (non-hydrogen) atoms. The van der Waals surface area contributed by atoms with E-state index in [-0.39, 0.29) is 25.2 Å². The average molecular weight is 283 g/mol. The summed E-state index contributed by atoms with van der Waals surface area (Å²) in [6, 6.07) is 2.65. The van der Waals surface area contributed by atoms with Crippen LogP contribution in [0.4, 0.5) is 22.0 Å². The molecule has 1 rings (SSSR count). The zero-order valence-corrected chi connectivity index (χ0v) is 10.0. The van der Waals surface area contributed by atoms with Gasteiger partial charge in [-0.15, -0.1) is 0 Å². The van der Waals surface area contributed by atoms with Crippen LogP contribution in [0.25, 0.3) is 0 Å². The Labute approximate surface area is 107 Å². The van der Waals surface area contributed by atoms with E-state index >= 15 is 0 Å². The summed E-state index contributed by atoms with van der Waals surface area (Å²) in [5.74, 6) is -2.08. The fourth-order valence-electron chi connectivity index (χ4n) is 1.48. The van der Waals surface area contributed by atoms with Crippen molar-refractivity contribution in [3.05, 3.63) is 35.4 Å². The molecule has 108 valence electrons. The molecule has 0 aliphatic carbocycles. The Balaban J connectivity index is 2.35. The van der Waals surface area contributed by atoms with Gasteiger partial charge in [-0.25, -0.2) is 8.78 Å². The van der Waals surface area contributed by atoms with Crippen molar-refractivity contribution >= 4 is 0 Å². The van der Waals surface area contributed by atoms with Crippen LogP contribution in [-0.4, -0.2) is 19.4 Å². The molecule has 2 nitrogen and oxygen atoms in total. The van der Waals surface area contributed by atoms with Gasteiger partial charge in [0.25, 0.3) is 0 Å². The van der Waals surface area contributed by atoms with Crippen molar-refractivity contribution in [2.45, 2.75) is 25.1 Å². The zero-order chi connectivity index (χ0) is 14.5. The molecule has 0 spiro atoms. The van der Waals surface area contributed by atoms with Crippen LogP contribution in [0.15, 0.2) is 18.2 Å². The maximum Gasteiger partial charge on any atom is 0.389 e. The quantitative estimate of drug-likeness (QED) is 0.642. The second kappa shape index (κ2) is 6.81. The number of ether oxygens (including phenoxy) is 1. The fourth-order valence-corrected chi connectivity index (χ4v) is 1.48. The number of benzene rings is 1. The molecule has 1 aromatic carbocycles. The minimum atomic E-state index is -4.22. The maximum absolute atomic E-state index is 13.3. The van der Waals surface area contributed by atoms with Crippen molar-refractivity contribution in [3.8, 4) is 0 Å². The van der Waals surface area contributed by atoms with Gasteiger partial charge in [0.15, 0.2) is 11.6 Å². The molecule has 1 aromatic rings. The maximum atomic E-state index is 13.3. The predicted molar refractivity (Wildman–Crippen MR) is 59.4 cm³/mol. The molecule has 0 aliphatic heterocycles. The lowest BCUT2D eigenvalue weighted by Gasteiger charge is -2.14. The summed E-state index contributed by atoms with van der Waals surface area (Å²) in [5.41, 5.74) is 5.52. The van der Waals surface area contributed by atoms with Crippen LogP contribution in [0.5, 0.6) is 0 Å². The van der Waals surface area contributed by atoms with E-state index in [0.717, 1.165) is 6.07 Å². The first-order chi connectivity index (χ1) is 8.81. The Bertz CT molecular complexity index is 408. The fraction of sp³-hybridized carbons (Fsp3) is 0.500. The van der Waals surface area contributed by atoms with E-state index in [9.17, 15) is 22.0 Å². The first-order valence-corrected chi connectivity index (χ1v) is 5.65. The van der Waals surface area contributed by atoms with Crippen LogP contribution in [0.3, 0.4) is 0 Å². The third kappa shape index (κ3) is 5.52. The Kier molecular flexibility index (Phi) is 5.68. The van der Waals surface area contributed by atoms with Gasteiger partial charge in [-0.2, -0.15) is 13.2 Å². The molecular formula is C12H14F5NO. The van der Waals surface area contributed by atoms with Crippen molar-refractivity contribution in [2.24, 2.45) is 5.73 Å². The Morgan fingerprint density at radius 1 is 1.21 bits per heavy atom. The minimum absolute atomic E-state index is 0.0594. The summed E-state index contributed by atoms with van der Waals surface area (Å²) >= 11 is 0. The first-order valence-electron chi connectivity index (χ1n) is 5.65. The van der Waals surface area contributed by atoms with Crippen LogP contribution < -0.4 is 5.73 Å². The highest BCUT2D eigenvalue weighted by atomic mass is 19.4. The van der Waals surface area contributed by atoms with E-state index in [2.05, 4.69) is 0 Å². The molecule has 0 saturated carbocycles. The molecule has 1 unspecified atom stereocenters. The Hall–Kier alpha value is -1.21. The summed E-state index contributed by atoms with van der Waals surface area (Å²) in [4.78, 5) is 0. The molecule has 0 radical (unpaired) electrons. The number of nitrogens with two attached hydrogens (primary N) is 1.